The van der Waals surface area contributed by atoms with Crippen LogP contribution in [0.15, 0.2) is 0 Å². The van der Waals surface area contributed by atoms with Crippen LogP contribution in [0.2, 0.25) is 0 Å². The van der Waals surface area contributed by atoms with Crippen LogP contribution in [-0.2, 0) is 9.59 Å². The molecule has 1 atom stereocenters. The first-order valence-corrected chi connectivity index (χ1v) is 9.50. The summed E-state index contributed by atoms with van der Waals surface area (Å²) < 4.78 is 0. The molecule has 4 nitrogen and oxygen atoms in total. The number of aliphatic hydroxyl groups is 1. The van der Waals surface area contributed by atoms with Crippen LogP contribution in [0, 0.1) is 32.1 Å². The molecule has 0 aromatic carbocycles. The summed E-state index contributed by atoms with van der Waals surface area (Å²) in [6.45, 7) is 19.9. The lowest BCUT2D eigenvalue weighted by Crippen LogP contribution is -2.11. The van der Waals surface area contributed by atoms with Gasteiger partial charge in [-0.1, -0.05) is 27.7 Å². The number of aryl methyl sites for hydroxylation is 3. The Balaban J connectivity index is -0.000000287. The first kappa shape index (κ1) is 28.7. The molecular formula is C20H39NO3S. The van der Waals surface area contributed by atoms with E-state index >= 15 is 0 Å². The number of thiazole rings is 1. The Bertz CT molecular complexity index is 438. The van der Waals surface area contributed by atoms with Crippen LogP contribution in [0.25, 0.3) is 0 Å². The molecular weight excluding hydrogens is 334 g/mol. The Morgan fingerprint density at radius 3 is 1.80 bits per heavy atom. The number of Topliss-reactive ketones (excluding diaryl/α,β-unsaturated/α-hetero) is 1. The van der Waals surface area contributed by atoms with E-state index < -0.39 is 0 Å². The first-order chi connectivity index (χ1) is 11.3. The maximum Gasteiger partial charge on any atom is 0.126 e. The predicted octanol–water partition coefficient (Wildman–Crippen LogP) is 5.31. The summed E-state index contributed by atoms with van der Waals surface area (Å²) in [6.07, 6.45) is 2.89. The molecule has 148 valence electrons. The number of carbonyl (C=O) groups excluding carboxylic acids is 2. The third-order valence-electron chi connectivity index (χ3n) is 2.72. The molecule has 1 unspecified atom stereocenters. The van der Waals surface area contributed by atoms with Gasteiger partial charge in [-0.25, -0.2) is 4.98 Å². The second-order valence-electron chi connectivity index (χ2n) is 7.40. The van der Waals surface area contributed by atoms with Crippen molar-refractivity contribution in [2.45, 2.75) is 82.1 Å². The molecule has 0 fully saturated rings. The average Bonchev–Trinajstić information content (AvgIpc) is 2.65. The molecule has 0 saturated carbocycles. The molecule has 0 amide bonds. The maximum atomic E-state index is 9.44. The van der Waals surface area contributed by atoms with E-state index in [-0.39, 0.29) is 5.78 Å². The third-order valence-corrected chi connectivity index (χ3v) is 3.71. The second-order valence-corrected chi connectivity index (χ2v) is 8.81. The van der Waals surface area contributed by atoms with Crippen molar-refractivity contribution < 1.29 is 14.7 Å². The van der Waals surface area contributed by atoms with E-state index in [1.165, 1.54) is 42.8 Å². The predicted molar refractivity (Wildman–Crippen MR) is 109 cm³/mol. The van der Waals surface area contributed by atoms with E-state index in [0.717, 1.165) is 12.7 Å². The Morgan fingerprint density at radius 2 is 1.64 bits per heavy atom. The molecule has 0 spiro atoms. The van der Waals surface area contributed by atoms with E-state index in [2.05, 4.69) is 39.6 Å². The van der Waals surface area contributed by atoms with Gasteiger partial charge < -0.3 is 14.7 Å². The van der Waals surface area contributed by atoms with Gasteiger partial charge in [0, 0.05) is 11.5 Å². The zero-order valence-corrected chi connectivity index (χ0v) is 18.7. The van der Waals surface area contributed by atoms with Gasteiger partial charge >= 0.3 is 0 Å². The molecule has 1 N–H and O–H groups in total. The van der Waals surface area contributed by atoms with Gasteiger partial charge in [0.25, 0.3) is 0 Å². The number of ketones is 1. The zero-order chi connectivity index (χ0) is 20.6. The van der Waals surface area contributed by atoms with E-state index in [4.69, 9.17) is 9.90 Å². The summed E-state index contributed by atoms with van der Waals surface area (Å²) in [5.74, 6) is 0.824. The van der Waals surface area contributed by atoms with Crippen LogP contribution >= 0.6 is 11.3 Å². The van der Waals surface area contributed by atoms with Crippen LogP contribution < -0.4 is 0 Å². The number of aromatic nitrogens is 1. The SMILES string of the molecule is CC(C)=O.CC(CCO)CC(C)(C)C.CC=O.Cc1nc(C)c(C)s1. The fraction of sp³-hybridized carbons (Fsp3) is 0.750. The summed E-state index contributed by atoms with van der Waals surface area (Å²) in [5, 5.41) is 9.80. The van der Waals surface area contributed by atoms with E-state index in [9.17, 15) is 4.79 Å². The number of carbonyl (C=O) groups is 2. The molecule has 0 aliphatic heterocycles. The standard InChI is InChI=1S/C9H20O.C6H9NS.C3H6O.C2H4O/c1-8(5-6-10)7-9(2,3)4;1-4-5(2)8-6(3)7-4;1-3(2)4;1-2-3/h8,10H,5-7H2,1-4H3;1-3H3;1-2H3;2H,1H3. The highest BCUT2D eigenvalue weighted by atomic mass is 32.1. The van der Waals surface area contributed by atoms with Crippen LogP contribution in [0.4, 0.5) is 0 Å². The molecule has 5 heteroatoms. The maximum absolute atomic E-state index is 9.44. The lowest BCUT2D eigenvalue weighted by atomic mass is 9.84. The van der Waals surface area contributed by atoms with Gasteiger partial charge in [-0.2, -0.15) is 0 Å². The first-order valence-electron chi connectivity index (χ1n) is 8.69. The number of hydrogen-bond acceptors (Lipinski definition) is 5. The summed E-state index contributed by atoms with van der Waals surface area (Å²) in [4.78, 5) is 23.8. The number of aliphatic hydroxyl groups excluding tert-OH is 1. The number of rotatable bonds is 3. The molecule has 0 radical (unpaired) electrons. The molecule has 0 aliphatic rings. The van der Waals surface area contributed by atoms with Crippen LogP contribution in [0.5, 0.6) is 0 Å². The van der Waals surface area contributed by atoms with Gasteiger partial charge in [-0.05, 0) is 65.7 Å². The van der Waals surface area contributed by atoms with Gasteiger partial charge in [-0.3, -0.25) is 0 Å². The normalized spacial score (nSPS) is 10.8. The van der Waals surface area contributed by atoms with Crippen LogP contribution in [0.3, 0.4) is 0 Å². The van der Waals surface area contributed by atoms with Crippen molar-refractivity contribution in [2.75, 3.05) is 6.61 Å². The summed E-state index contributed by atoms with van der Waals surface area (Å²) in [5.41, 5.74) is 1.58. The monoisotopic (exact) mass is 373 g/mol. The summed E-state index contributed by atoms with van der Waals surface area (Å²) >= 11 is 1.76. The lowest BCUT2D eigenvalue weighted by Gasteiger charge is -2.22. The topological polar surface area (TPSA) is 67.3 Å². The van der Waals surface area contributed by atoms with E-state index in [1.807, 2.05) is 13.8 Å². The largest absolute Gasteiger partial charge is 0.396 e. The Labute approximate surface area is 159 Å². The van der Waals surface area contributed by atoms with Crippen molar-refractivity contribution in [3.8, 4) is 0 Å². The molecule has 25 heavy (non-hydrogen) atoms. The van der Waals surface area contributed by atoms with Crippen LogP contribution in [-0.4, -0.2) is 28.8 Å². The molecule has 1 aromatic heterocycles. The van der Waals surface area contributed by atoms with E-state index in [1.54, 1.807) is 11.3 Å². The van der Waals surface area contributed by atoms with E-state index in [0.29, 0.717) is 17.9 Å². The average molecular weight is 374 g/mol. The Morgan fingerprint density at radius 1 is 1.24 bits per heavy atom. The van der Waals surface area contributed by atoms with Crippen molar-refractivity contribution >= 4 is 23.4 Å². The van der Waals surface area contributed by atoms with Crippen molar-refractivity contribution in [2.24, 2.45) is 11.3 Å². The summed E-state index contributed by atoms with van der Waals surface area (Å²) in [7, 11) is 0. The van der Waals surface area contributed by atoms with Gasteiger partial charge in [-0.15, -0.1) is 11.3 Å². The fourth-order valence-electron chi connectivity index (χ4n) is 2.00. The van der Waals surface area contributed by atoms with Gasteiger partial charge in [0.1, 0.15) is 12.1 Å². The third kappa shape index (κ3) is 28.0. The Kier molecular flexibility index (Phi) is 18.8. The van der Waals surface area contributed by atoms with Crippen molar-refractivity contribution in [3.63, 3.8) is 0 Å². The van der Waals surface area contributed by atoms with Crippen molar-refractivity contribution in [1.29, 1.82) is 0 Å². The molecule has 1 rings (SSSR count). The quantitative estimate of drug-likeness (QED) is 0.729. The molecule has 1 heterocycles. The van der Waals surface area contributed by atoms with Crippen LogP contribution in [0.1, 0.15) is 76.9 Å². The minimum Gasteiger partial charge on any atom is -0.396 e. The zero-order valence-electron chi connectivity index (χ0n) is 17.9. The van der Waals surface area contributed by atoms with Crippen molar-refractivity contribution in [3.05, 3.63) is 15.6 Å². The van der Waals surface area contributed by atoms with Gasteiger partial charge in [0.15, 0.2) is 0 Å². The number of hydrogen-bond donors (Lipinski definition) is 1. The number of nitrogens with zero attached hydrogens (tertiary/aromatic N) is 1. The second kappa shape index (κ2) is 16.4. The molecule has 0 bridgehead atoms. The minimum absolute atomic E-state index is 0.167. The highest BCUT2D eigenvalue weighted by Gasteiger charge is 2.14. The Hall–Kier alpha value is -1.07. The highest BCUT2D eigenvalue weighted by Crippen LogP contribution is 2.25. The molecule has 1 aromatic rings. The smallest absolute Gasteiger partial charge is 0.126 e. The highest BCUT2D eigenvalue weighted by molar-refractivity contribution is 7.11. The fourth-order valence-corrected chi connectivity index (χ4v) is 2.82. The molecule has 0 aliphatic carbocycles. The summed E-state index contributed by atoms with van der Waals surface area (Å²) in [6, 6.07) is 0. The lowest BCUT2D eigenvalue weighted by molar-refractivity contribution is -0.115. The molecule has 0 saturated heterocycles. The van der Waals surface area contributed by atoms with Gasteiger partial charge in [0.05, 0.1) is 10.7 Å². The van der Waals surface area contributed by atoms with Crippen molar-refractivity contribution in [1.82, 2.24) is 4.98 Å². The minimum atomic E-state index is 0.167. The van der Waals surface area contributed by atoms with Gasteiger partial charge in [0.2, 0.25) is 0 Å². The number of aldehydes is 1.